The van der Waals surface area contributed by atoms with Gasteiger partial charge in [0, 0.05) is 18.8 Å². The van der Waals surface area contributed by atoms with Gasteiger partial charge in [-0.2, -0.15) is 0 Å². The predicted molar refractivity (Wildman–Crippen MR) is 66.8 cm³/mol. The largest absolute Gasteiger partial charge is 0.488 e. The molecule has 17 heavy (non-hydrogen) atoms. The maximum Gasteiger partial charge on any atom is 0.488 e. The highest BCUT2D eigenvalue weighted by atomic mass is 19.1. The second-order valence-corrected chi connectivity index (χ2v) is 4.79. The van der Waals surface area contributed by atoms with Gasteiger partial charge in [0.15, 0.2) is 0 Å². The van der Waals surface area contributed by atoms with Gasteiger partial charge in [-0.3, -0.25) is 0 Å². The molecular formula is C12H17BFNO2. The molecule has 0 aromatic heterocycles. The zero-order valence-corrected chi connectivity index (χ0v) is 9.93. The van der Waals surface area contributed by atoms with Crippen molar-refractivity contribution in [1.29, 1.82) is 0 Å². The lowest BCUT2D eigenvalue weighted by Gasteiger charge is -2.32. The van der Waals surface area contributed by atoms with Crippen LogP contribution in [0.15, 0.2) is 18.2 Å². The van der Waals surface area contributed by atoms with Crippen molar-refractivity contribution < 1.29 is 14.4 Å². The molecule has 0 bridgehead atoms. The quantitative estimate of drug-likeness (QED) is 0.745. The molecule has 2 N–H and O–H groups in total. The van der Waals surface area contributed by atoms with Gasteiger partial charge in [-0.1, -0.05) is 6.92 Å². The van der Waals surface area contributed by atoms with Crippen molar-refractivity contribution in [2.45, 2.75) is 19.8 Å². The summed E-state index contributed by atoms with van der Waals surface area (Å²) in [4.78, 5) is 2.09. The van der Waals surface area contributed by atoms with Gasteiger partial charge in [0.25, 0.3) is 0 Å². The number of piperidine rings is 1. The second-order valence-electron chi connectivity index (χ2n) is 4.79. The molecule has 0 spiro atoms. The number of anilines is 1. The first kappa shape index (κ1) is 12.4. The monoisotopic (exact) mass is 237 g/mol. The summed E-state index contributed by atoms with van der Waals surface area (Å²) in [5.41, 5.74) is 0.943. The molecule has 1 aliphatic rings. The molecule has 0 unspecified atom stereocenters. The summed E-state index contributed by atoms with van der Waals surface area (Å²) in [5, 5.41) is 18.2. The molecule has 1 saturated heterocycles. The smallest absolute Gasteiger partial charge is 0.423 e. The fraction of sp³-hybridized carbons (Fsp3) is 0.500. The zero-order chi connectivity index (χ0) is 12.4. The Morgan fingerprint density at radius 3 is 2.47 bits per heavy atom. The van der Waals surface area contributed by atoms with Crippen LogP contribution in [0, 0.1) is 11.7 Å². The highest BCUT2D eigenvalue weighted by molar-refractivity contribution is 6.58. The summed E-state index contributed by atoms with van der Waals surface area (Å²) >= 11 is 0. The molecule has 1 fully saturated rings. The van der Waals surface area contributed by atoms with Crippen molar-refractivity contribution in [3.8, 4) is 0 Å². The zero-order valence-electron chi connectivity index (χ0n) is 9.93. The molecule has 0 saturated carbocycles. The number of benzene rings is 1. The third-order valence-corrected chi connectivity index (χ3v) is 3.35. The maximum atomic E-state index is 13.4. The van der Waals surface area contributed by atoms with Gasteiger partial charge in [-0.05, 0) is 42.4 Å². The highest BCUT2D eigenvalue weighted by Crippen LogP contribution is 2.22. The number of rotatable bonds is 2. The summed E-state index contributed by atoms with van der Waals surface area (Å²) < 4.78 is 13.4. The van der Waals surface area contributed by atoms with Crippen molar-refractivity contribution in [2.24, 2.45) is 5.92 Å². The standard InChI is InChI=1S/C12H17BFNO2/c1-9-2-4-15(5-3-9)12-7-10(13(16)17)6-11(14)8-12/h6-9,16-17H,2-5H2,1H3. The van der Waals surface area contributed by atoms with Gasteiger partial charge in [-0.15, -0.1) is 0 Å². The van der Waals surface area contributed by atoms with Crippen LogP contribution in [0.2, 0.25) is 0 Å². The summed E-state index contributed by atoms with van der Waals surface area (Å²) in [6.45, 7) is 4.00. The first-order valence-electron chi connectivity index (χ1n) is 5.98. The van der Waals surface area contributed by atoms with Crippen molar-refractivity contribution in [3.05, 3.63) is 24.0 Å². The van der Waals surface area contributed by atoms with E-state index in [2.05, 4.69) is 11.8 Å². The minimum Gasteiger partial charge on any atom is -0.423 e. The molecular weight excluding hydrogens is 220 g/mol. The van der Waals surface area contributed by atoms with E-state index in [9.17, 15) is 4.39 Å². The molecule has 3 nitrogen and oxygen atoms in total. The Hall–Kier alpha value is -1.07. The average Bonchev–Trinajstić information content (AvgIpc) is 2.29. The van der Waals surface area contributed by atoms with Crippen LogP contribution in [0.25, 0.3) is 0 Å². The summed E-state index contributed by atoms with van der Waals surface area (Å²) in [6.07, 6.45) is 2.18. The third kappa shape index (κ3) is 2.98. The lowest BCUT2D eigenvalue weighted by atomic mass is 9.80. The molecule has 92 valence electrons. The SMILES string of the molecule is CC1CCN(c2cc(F)cc(B(O)O)c2)CC1. The van der Waals surface area contributed by atoms with Crippen molar-refractivity contribution in [3.63, 3.8) is 0 Å². The van der Waals surface area contributed by atoms with Crippen LogP contribution in [0.5, 0.6) is 0 Å². The number of hydrogen-bond acceptors (Lipinski definition) is 3. The molecule has 0 atom stereocenters. The Balaban J connectivity index is 2.20. The molecule has 1 aliphatic heterocycles. The Kier molecular flexibility index (Phi) is 3.69. The third-order valence-electron chi connectivity index (χ3n) is 3.35. The van der Waals surface area contributed by atoms with Gasteiger partial charge in [0.1, 0.15) is 5.82 Å². The Bertz CT molecular complexity index is 392. The Labute approximate surface area is 101 Å². The van der Waals surface area contributed by atoms with Gasteiger partial charge in [0.2, 0.25) is 0 Å². The first-order valence-corrected chi connectivity index (χ1v) is 5.98. The lowest BCUT2D eigenvalue weighted by molar-refractivity contribution is 0.425. The summed E-state index contributed by atoms with van der Waals surface area (Å²) in [7, 11) is -1.62. The molecule has 5 heteroatoms. The fourth-order valence-electron chi connectivity index (χ4n) is 2.19. The van der Waals surface area contributed by atoms with E-state index in [0.29, 0.717) is 5.92 Å². The summed E-state index contributed by atoms with van der Waals surface area (Å²) in [6, 6.07) is 4.24. The van der Waals surface area contributed by atoms with Crippen molar-refractivity contribution in [2.75, 3.05) is 18.0 Å². The molecule has 0 aliphatic carbocycles. The van der Waals surface area contributed by atoms with E-state index in [1.165, 1.54) is 6.07 Å². The van der Waals surface area contributed by atoms with Crippen molar-refractivity contribution >= 4 is 18.3 Å². The van der Waals surface area contributed by atoms with Crippen LogP contribution in [0.1, 0.15) is 19.8 Å². The van der Waals surface area contributed by atoms with Gasteiger partial charge in [-0.25, -0.2) is 4.39 Å². The minimum absolute atomic E-state index is 0.207. The van der Waals surface area contributed by atoms with Crippen LogP contribution in [-0.4, -0.2) is 30.3 Å². The van der Waals surface area contributed by atoms with E-state index in [1.807, 2.05) is 0 Å². The topological polar surface area (TPSA) is 43.7 Å². The van der Waals surface area contributed by atoms with Crippen LogP contribution < -0.4 is 10.4 Å². The minimum atomic E-state index is -1.62. The first-order chi connectivity index (χ1) is 8.06. The number of nitrogens with zero attached hydrogens (tertiary/aromatic N) is 1. The van der Waals surface area contributed by atoms with Gasteiger partial charge < -0.3 is 14.9 Å². The second kappa shape index (κ2) is 5.06. The van der Waals surface area contributed by atoms with Crippen LogP contribution in [-0.2, 0) is 0 Å². The highest BCUT2D eigenvalue weighted by Gasteiger charge is 2.19. The predicted octanol–water partition coefficient (Wildman–Crippen LogP) is 0.742. The van der Waals surface area contributed by atoms with E-state index < -0.39 is 12.9 Å². The van der Waals surface area contributed by atoms with Gasteiger partial charge >= 0.3 is 7.12 Å². The van der Waals surface area contributed by atoms with Crippen molar-refractivity contribution in [1.82, 2.24) is 0 Å². The van der Waals surface area contributed by atoms with E-state index in [-0.39, 0.29) is 5.46 Å². The average molecular weight is 237 g/mol. The molecule has 1 heterocycles. The number of halogens is 1. The molecule has 0 radical (unpaired) electrons. The molecule has 2 rings (SSSR count). The Morgan fingerprint density at radius 2 is 1.88 bits per heavy atom. The van der Waals surface area contributed by atoms with E-state index in [0.717, 1.165) is 37.7 Å². The van der Waals surface area contributed by atoms with E-state index in [4.69, 9.17) is 10.0 Å². The normalized spacial score (nSPS) is 17.3. The lowest BCUT2D eigenvalue weighted by Crippen LogP contribution is -2.35. The van der Waals surface area contributed by atoms with E-state index in [1.54, 1.807) is 6.07 Å². The molecule has 1 aromatic carbocycles. The fourth-order valence-corrected chi connectivity index (χ4v) is 2.19. The number of hydrogen-bond donors (Lipinski definition) is 2. The van der Waals surface area contributed by atoms with Crippen LogP contribution in [0.4, 0.5) is 10.1 Å². The maximum absolute atomic E-state index is 13.4. The van der Waals surface area contributed by atoms with Crippen LogP contribution in [0.3, 0.4) is 0 Å². The van der Waals surface area contributed by atoms with E-state index >= 15 is 0 Å². The Morgan fingerprint density at radius 1 is 1.24 bits per heavy atom. The van der Waals surface area contributed by atoms with Gasteiger partial charge in [0.05, 0.1) is 0 Å². The summed E-state index contributed by atoms with van der Waals surface area (Å²) in [5.74, 6) is 0.284. The molecule has 0 amide bonds. The molecule has 1 aromatic rings. The van der Waals surface area contributed by atoms with Crippen LogP contribution >= 0.6 is 0 Å².